The Morgan fingerprint density at radius 3 is 2.43 bits per heavy atom. The quantitative estimate of drug-likeness (QED) is 0.575. The summed E-state index contributed by atoms with van der Waals surface area (Å²) in [5.74, 6) is -0.299. The normalized spacial score (nSPS) is 14.2. The van der Waals surface area contributed by atoms with Crippen molar-refractivity contribution in [1.29, 1.82) is 0 Å². The van der Waals surface area contributed by atoms with Gasteiger partial charge >= 0.3 is 0 Å². The third kappa shape index (κ3) is 3.86. The summed E-state index contributed by atoms with van der Waals surface area (Å²) in [5.41, 5.74) is 1.54. The lowest BCUT2D eigenvalue weighted by molar-refractivity contribution is -0.384. The summed E-state index contributed by atoms with van der Waals surface area (Å²) in [5, 5.41) is 11.1. The first kappa shape index (κ1) is 15.9. The van der Waals surface area contributed by atoms with E-state index in [-0.39, 0.29) is 11.5 Å². The lowest BCUT2D eigenvalue weighted by atomic mass is 10.1. The summed E-state index contributed by atoms with van der Waals surface area (Å²) in [6, 6.07) is 11.6. The van der Waals surface area contributed by atoms with Crippen molar-refractivity contribution in [3.8, 4) is 0 Å². The first-order chi connectivity index (χ1) is 11.0. The largest absolute Gasteiger partial charge is 0.292 e. The third-order valence-electron chi connectivity index (χ3n) is 4.02. The van der Waals surface area contributed by atoms with Crippen LogP contribution in [0.3, 0.4) is 0 Å². The Bertz CT molecular complexity index is 697. The summed E-state index contributed by atoms with van der Waals surface area (Å²) in [6.07, 6.45) is 2.16. The summed E-state index contributed by atoms with van der Waals surface area (Å²) >= 11 is 6.12. The third-order valence-corrected chi connectivity index (χ3v) is 4.37. The summed E-state index contributed by atoms with van der Waals surface area (Å²) in [7, 11) is 0. The fourth-order valence-corrected chi connectivity index (χ4v) is 2.82. The highest BCUT2D eigenvalue weighted by atomic mass is 35.5. The van der Waals surface area contributed by atoms with Crippen molar-refractivity contribution in [3.05, 3.63) is 74.5 Å². The molecule has 0 aromatic heterocycles. The van der Waals surface area contributed by atoms with Crippen LogP contribution < -0.4 is 0 Å². The molecule has 1 aliphatic carbocycles. The number of nitro groups is 1. The van der Waals surface area contributed by atoms with Crippen LogP contribution in [0.4, 0.5) is 10.1 Å². The van der Waals surface area contributed by atoms with E-state index in [2.05, 4.69) is 4.90 Å². The second-order valence-corrected chi connectivity index (χ2v) is 6.17. The summed E-state index contributed by atoms with van der Waals surface area (Å²) in [6.45, 7) is 1.06. The topological polar surface area (TPSA) is 46.4 Å². The fourth-order valence-electron chi connectivity index (χ4n) is 2.60. The van der Waals surface area contributed by atoms with Gasteiger partial charge in [0.1, 0.15) is 5.82 Å². The highest BCUT2D eigenvalue weighted by Crippen LogP contribution is 2.32. The van der Waals surface area contributed by atoms with Crippen LogP contribution in [0.25, 0.3) is 0 Å². The highest BCUT2D eigenvalue weighted by molar-refractivity contribution is 6.31. The van der Waals surface area contributed by atoms with Gasteiger partial charge < -0.3 is 0 Å². The maximum Gasteiger partial charge on any atom is 0.269 e. The molecule has 0 heterocycles. The molecule has 23 heavy (non-hydrogen) atoms. The molecule has 120 valence electrons. The molecule has 0 bridgehead atoms. The van der Waals surface area contributed by atoms with Crippen molar-refractivity contribution in [3.63, 3.8) is 0 Å². The monoisotopic (exact) mass is 334 g/mol. The van der Waals surface area contributed by atoms with Crippen LogP contribution >= 0.6 is 11.6 Å². The average Bonchev–Trinajstić information content (AvgIpc) is 3.35. The minimum atomic E-state index is -0.415. The molecular formula is C17H16ClFN2O2. The molecule has 6 heteroatoms. The second kappa shape index (κ2) is 6.64. The molecule has 0 spiro atoms. The van der Waals surface area contributed by atoms with E-state index in [4.69, 9.17) is 11.6 Å². The first-order valence-corrected chi connectivity index (χ1v) is 7.82. The van der Waals surface area contributed by atoms with Crippen molar-refractivity contribution in [2.24, 2.45) is 0 Å². The number of halogens is 2. The summed E-state index contributed by atoms with van der Waals surface area (Å²) in [4.78, 5) is 12.5. The van der Waals surface area contributed by atoms with Gasteiger partial charge in [-0.05, 0) is 30.5 Å². The van der Waals surface area contributed by atoms with E-state index in [1.807, 2.05) is 0 Å². The molecule has 2 aromatic carbocycles. The van der Waals surface area contributed by atoms with Gasteiger partial charge in [0.2, 0.25) is 0 Å². The number of non-ortho nitro benzene ring substituents is 1. The van der Waals surface area contributed by atoms with Crippen molar-refractivity contribution in [1.82, 2.24) is 4.90 Å². The molecule has 0 amide bonds. The minimum Gasteiger partial charge on any atom is -0.292 e. The molecule has 1 aliphatic rings. The van der Waals surface area contributed by atoms with Gasteiger partial charge in [-0.15, -0.1) is 0 Å². The Morgan fingerprint density at radius 1 is 1.17 bits per heavy atom. The van der Waals surface area contributed by atoms with Gasteiger partial charge in [-0.1, -0.05) is 29.8 Å². The zero-order chi connectivity index (χ0) is 16.4. The van der Waals surface area contributed by atoms with Gasteiger partial charge in [0, 0.05) is 41.9 Å². The maximum atomic E-state index is 14.0. The second-order valence-electron chi connectivity index (χ2n) is 5.76. The average molecular weight is 335 g/mol. The first-order valence-electron chi connectivity index (χ1n) is 7.45. The number of benzene rings is 2. The Labute approximate surface area is 138 Å². The molecule has 0 aliphatic heterocycles. The van der Waals surface area contributed by atoms with Crippen LogP contribution in [-0.4, -0.2) is 15.9 Å². The smallest absolute Gasteiger partial charge is 0.269 e. The van der Waals surface area contributed by atoms with Gasteiger partial charge in [0.15, 0.2) is 0 Å². The van der Waals surface area contributed by atoms with E-state index in [0.29, 0.717) is 29.7 Å². The Balaban J connectivity index is 1.76. The highest BCUT2D eigenvalue weighted by Gasteiger charge is 2.30. The molecule has 1 fully saturated rings. The van der Waals surface area contributed by atoms with Gasteiger partial charge in [-0.25, -0.2) is 4.39 Å². The Kier molecular flexibility index (Phi) is 4.59. The van der Waals surface area contributed by atoms with Gasteiger partial charge in [0.25, 0.3) is 5.69 Å². The van der Waals surface area contributed by atoms with Crippen LogP contribution in [0, 0.1) is 15.9 Å². The number of rotatable bonds is 6. The van der Waals surface area contributed by atoms with Crippen molar-refractivity contribution in [2.75, 3.05) is 0 Å². The van der Waals surface area contributed by atoms with Crippen LogP contribution in [-0.2, 0) is 13.1 Å². The van der Waals surface area contributed by atoms with Crippen molar-refractivity contribution >= 4 is 17.3 Å². The molecular weight excluding hydrogens is 319 g/mol. The van der Waals surface area contributed by atoms with Gasteiger partial charge in [-0.2, -0.15) is 0 Å². The van der Waals surface area contributed by atoms with Gasteiger partial charge in [0.05, 0.1) is 4.92 Å². The van der Waals surface area contributed by atoms with E-state index in [9.17, 15) is 14.5 Å². The fraction of sp³-hybridized carbons (Fsp3) is 0.294. The zero-order valence-electron chi connectivity index (χ0n) is 12.4. The molecule has 0 unspecified atom stereocenters. The van der Waals surface area contributed by atoms with E-state index in [1.165, 1.54) is 18.2 Å². The molecule has 4 nitrogen and oxygen atoms in total. The minimum absolute atomic E-state index is 0.0730. The molecule has 0 N–H and O–H groups in total. The number of hydrogen-bond acceptors (Lipinski definition) is 3. The SMILES string of the molecule is O=[N+]([O-])c1ccc(CN(Cc2c(F)cccc2Cl)C2CC2)cc1. The maximum absolute atomic E-state index is 14.0. The lowest BCUT2D eigenvalue weighted by Gasteiger charge is -2.23. The van der Waals surface area contributed by atoms with E-state index >= 15 is 0 Å². The molecule has 2 aromatic rings. The lowest BCUT2D eigenvalue weighted by Crippen LogP contribution is -2.25. The predicted molar refractivity (Wildman–Crippen MR) is 86.8 cm³/mol. The zero-order valence-corrected chi connectivity index (χ0v) is 13.2. The van der Waals surface area contributed by atoms with E-state index < -0.39 is 4.92 Å². The van der Waals surface area contributed by atoms with Gasteiger partial charge in [-0.3, -0.25) is 15.0 Å². The standard InChI is InChI=1S/C17H16ClFN2O2/c18-16-2-1-3-17(19)15(16)11-20(13-8-9-13)10-12-4-6-14(7-5-12)21(22)23/h1-7,13H,8-11H2. The summed E-state index contributed by atoms with van der Waals surface area (Å²) < 4.78 is 14.0. The molecule has 0 radical (unpaired) electrons. The Morgan fingerprint density at radius 2 is 1.87 bits per heavy atom. The molecule has 1 saturated carbocycles. The van der Waals surface area contributed by atoms with E-state index in [1.54, 1.807) is 24.3 Å². The number of nitro benzene ring substituents is 1. The molecule has 3 rings (SSSR count). The van der Waals surface area contributed by atoms with Crippen LogP contribution in [0.2, 0.25) is 5.02 Å². The van der Waals surface area contributed by atoms with Crippen LogP contribution in [0.15, 0.2) is 42.5 Å². The predicted octanol–water partition coefficient (Wildman–Crippen LogP) is 4.55. The Hall–Kier alpha value is -1.98. The number of hydrogen-bond donors (Lipinski definition) is 0. The van der Waals surface area contributed by atoms with Crippen molar-refractivity contribution in [2.45, 2.75) is 32.0 Å². The molecule has 0 saturated heterocycles. The van der Waals surface area contributed by atoms with Crippen LogP contribution in [0.1, 0.15) is 24.0 Å². The van der Waals surface area contributed by atoms with Crippen molar-refractivity contribution < 1.29 is 9.31 Å². The van der Waals surface area contributed by atoms with E-state index in [0.717, 1.165) is 18.4 Å². The molecule has 0 atom stereocenters. The number of nitrogens with zero attached hydrogens (tertiary/aromatic N) is 2. The van der Waals surface area contributed by atoms with Crippen LogP contribution in [0.5, 0.6) is 0 Å².